The molecule has 0 spiro atoms. The van der Waals surface area contributed by atoms with Crippen molar-refractivity contribution >= 4 is 11.8 Å². The summed E-state index contributed by atoms with van der Waals surface area (Å²) in [6, 6.07) is 0. The highest BCUT2D eigenvalue weighted by atomic mass is 16.1. The first kappa shape index (κ1) is 6.90. The number of allylic oxidation sites excluding steroid dienone is 2. The predicted molar refractivity (Wildman–Crippen MR) is 37.8 cm³/mol. The smallest absolute Gasteiger partial charge is 0.240 e. The molecule has 3 nitrogen and oxygen atoms in total. The second kappa shape index (κ2) is 3.08. The normalized spacial score (nSPS) is 17.6. The maximum Gasteiger partial charge on any atom is 0.240 e. The topological polar surface area (TPSA) is 53.3 Å². The molecule has 1 N–H and O–H groups in total. The summed E-state index contributed by atoms with van der Waals surface area (Å²) in [7, 11) is 0. The van der Waals surface area contributed by atoms with E-state index in [1.165, 1.54) is 6.08 Å². The predicted octanol–water partition coefficient (Wildman–Crippen LogP) is 1.41. The first-order valence-electron chi connectivity index (χ1n) is 3.16. The highest BCUT2D eigenvalue weighted by molar-refractivity contribution is 5.84. The summed E-state index contributed by atoms with van der Waals surface area (Å²) in [6.45, 7) is 0. The lowest BCUT2D eigenvalue weighted by atomic mass is 10.0. The monoisotopic (exact) mass is 136 g/mol. The van der Waals surface area contributed by atoms with E-state index in [0.717, 1.165) is 12.1 Å². The van der Waals surface area contributed by atoms with E-state index in [0.29, 0.717) is 18.6 Å². The molecular formula is C7H8N2O. The molecule has 0 unspecified atom stereocenters. The molecule has 0 saturated heterocycles. The molecule has 0 fully saturated rings. The van der Waals surface area contributed by atoms with Crippen molar-refractivity contribution in [2.24, 2.45) is 4.99 Å². The van der Waals surface area contributed by atoms with Gasteiger partial charge in [-0.25, -0.2) is 4.79 Å². The van der Waals surface area contributed by atoms with Crippen LogP contribution >= 0.6 is 0 Å². The van der Waals surface area contributed by atoms with Crippen molar-refractivity contribution < 1.29 is 4.79 Å². The van der Waals surface area contributed by atoms with E-state index < -0.39 is 0 Å². The number of rotatable bonds is 1. The van der Waals surface area contributed by atoms with Gasteiger partial charge in [0, 0.05) is 12.1 Å². The second-order valence-corrected chi connectivity index (χ2v) is 2.21. The Hall–Kier alpha value is -1.21. The third-order valence-corrected chi connectivity index (χ3v) is 1.46. The SMILES string of the molecule is N=C1CC=C(N=C=O)CC1. The molecule has 52 valence electrons. The number of nitrogens with zero attached hydrogens (tertiary/aromatic N) is 1. The van der Waals surface area contributed by atoms with Gasteiger partial charge in [-0.3, -0.25) is 0 Å². The van der Waals surface area contributed by atoms with Crippen LogP contribution in [0.25, 0.3) is 0 Å². The maximum absolute atomic E-state index is 9.77. The average Bonchev–Trinajstić information content (AvgIpc) is 1.95. The van der Waals surface area contributed by atoms with Gasteiger partial charge in [0.15, 0.2) is 0 Å². The van der Waals surface area contributed by atoms with Gasteiger partial charge in [0.05, 0.1) is 5.70 Å². The number of hydrogen-bond donors (Lipinski definition) is 1. The van der Waals surface area contributed by atoms with Crippen LogP contribution in [0.15, 0.2) is 16.8 Å². The lowest BCUT2D eigenvalue weighted by Gasteiger charge is -2.06. The van der Waals surface area contributed by atoms with Crippen molar-refractivity contribution in [1.29, 1.82) is 5.41 Å². The van der Waals surface area contributed by atoms with Crippen molar-refractivity contribution in [3.05, 3.63) is 11.8 Å². The number of carbonyl (C=O) groups excluding carboxylic acids is 1. The lowest BCUT2D eigenvalue weighted by molar-refractivity contribution is 0.564. The highest BCUT2D eigenvalue weighted by Crippen LogP contribution is 2.14. The van der Waals surface area contributed by atoms with Gasteiger partial charge in [0.2, 0.25) is 6.08 Å². The molecule has 0 aromatic rings. The molecule has 0 aliphatic heterocycles. The summed E-state index contributed by atoms with van der Waals surface area (Å²) in [5.74, 6) is 0. The molecule has 1 aliphatic rings. The third kappa shape index (κ3) is 1.64. The molecule has 1 rings (SSSR count). The molecule has 10 heavy (non-hydrogen) atoms. The number of hydrogen-bond acceptors (Lipinski definition) is 3. The minimum atomic E-state index is 0.639. The number of nitrogens with one attached hydrogen (secondary N) is 1. The summed E-state index contributed by atoms with van der Waals surface area (Å²) in [5, 5.41) is 7.23. The van der Waals surface area contributed by atoms with Gasteiger partial charge in [0.1, 0.15) is 0 Å². The van der Waals surface area contributed by atoms with Crippen LogP contribution in [-0.2, 0) is 4.79 Å². The molecule has 3 heteroatoms. The number of isocyanates is 1. The van der Waals surface area contributed by atoms with E-state index in [1.807, 2.05) is 0 Å². The Labute approximate surface area is 59.0 Å². The van der Waals surface area contributed by atoms with E-state index >= 15 is 0 Å². The standard InChI is InChI=1S/C7H8N2O/c8-6-1-3-7(4-2-6)9-5-10/h3,8H,1-2,4H2. The van der Waals surface area contributed by atoms with E-state index in [2.05, 4.69) is 4.99 Å². The summed E-state index contributed by atoms with van der Waals surface area (Å²) in [5.41, 5.74) is 1.48. The van der Waals surface area contributed by atoms with Crippen LogP contribution < -0.4 is 0 Å². The summed E-state index contributed by atoms with van der Waals surface area (Å²) >= 11 is 0. The fraction of sp³-hybridized carbons (Fsp3) is 0.429. The number of aliphatic imine (C=N–C) groups is 1. The van der Waals surface area contributed by atoms with Gasteiger partial charge >= 0.3 is 0 Å². The molecule has 0 aromatic heterocycles. The molecule has 0 aromatic carbocycles. The Morgan fingerprint density at radius 2 is 2.40 bits per heavy atom. The molecule has 0 atom stereocenters. The van der Waals surface area contributed by atoms with Crippen molar-refractivity contribution in [3.63, 3.8) is 0 Å². The van der Waals surface area contributed by atoms with Crippen LogP contribution in [0.5, 0.6) is 0 Å². The van der Waals surface area contributed by atoms with Crippen LogP contribution in [0.2, 0.25) is 0 Å². The molecule has 0 heterocycles. The molecule has 0 bridgehead atoms. The maximum atomic E-state index is 9.77. The van der Waals surface area contributed by atoms with Crippen molar-refractivity contribution in [2.75, 3.05) is 0 Å². The first-order chi connectivity index (χ1) is 4.83. The Morgan fingerprint density at radius 1 is 1.60 bits per heavy atom. The zero-order chi connectivity index (χ0) is 7.40. The summed E-state index contributed by atoms with van der Waals surface area (Å²) in [4.78, 5) is 13.2. The van der Waals surface area contributed by atoms with Gasteiger partial charge in [-0.05, 0) is 12.8 Å². The zero-order valence-electron chi connectivity index (χ0n) is 5.55. The van der Waals surface area contributed by atoms with Crippen LogP contribution in [-0.4, -0.2) is 11.8 Å². The van der Waals surface area contributed by atoms with E-state index in [-0.39, 0.29) is 0 Å². The molecule has 0 saturated carbocycles. The Balaban J connectivity index is 2.64. The van der Waals surface area contributed by atoms with Gasteiger partial charge in [0.25, 0.3) is 0 Å². The van der Waals surface area contributed by atoms with E-state index in [9.17, 15) is 4.79 Å². The molecule has 0 radical (unpaired) electrons. The molecule has 0 amide bonds. The minimum Gasteiger partial charge on any atom is -0.309 e. The molecule has 1 aliphatic carbocycles. The Morgan fingerprint density at radius 3 is 2.90 bits per heavy atom. The minimum absolute atomic E-state index is 0.639. The lowest BCUT2D eigenvalue weighted by Crippen LogP contribution is -2.00. The zero-order valence-corrected chi connectivity index (χ0v) is 5.55. The van der Waals surface area contributed by atoms with Gasteiger partial charge < -0.3 is 5.41 Å². The van der Waals surface area contributed by atoms with Crippen molar-refractivity contribution in [2.45, 2.75) is 19.3 Å². The van der Waals surface area contributed by atoms with Crippen LogP contribution in [0, 0.1) is 5.41 Å². The largest absolute Gasteiger partial charge is 0.309 e. The van der Waals surface area contributed by atoms with Crippen LogP contribution in [0.4, 0.5) is 0 Å². The molecular weight excluding hydrogens is 128 g/mol. The summed E-state index contributed by atoms with van der Waals surface area (Å²) in [6.07, 6.45) is 5.38. The van der Waals surface area contributed by atoms with Crippen molar-refractivity contribution in [3.8, 4) is 0 Å². The quantitative estimate of drug-likeness (QED) is 0.430. The average molecular weight is 136 g/mol. The Bertz CT molecular complexity index is 224. The van der Waals surface area contributed by atoms with Crippen molar-refractivity contribution in [1.82, 2.24) is 0 Å². The van der Waals surface area contributed by atoms with Crippen LogP contribution in [0.3, 0.4) is 0 Å². The summed E-state index contributed by atoms with van der Waals surface area (Å²) < 4.78 is 0. The van der Waals surface area contributed by atoms with E-state index in [1.54, 1.807) is 6.08 Å². The first-order valence-corrected chi connectivity index (χ1v) is 3.16. The highest BCUT2D eigenvalue weighted by Gasteiger charge is 2.05. The second-order valence-electron chi connectivity index (χ2n) is 2.21. The van der Waals surface area contributed by atoms with Gasteiger partial charge in [-0.15, -0.1) is 0 Å². The third-order valence-electron chi connectivity index (χ3n) is 1.46. The Kier molecular flexibility index (Phi) is 2.13. The van der Waals surface area contributed by atoms with Gasteiger partial charge in [-0.1, -0.05) is 6.08 Å². The van der Waals surface area contributed by atoms with Gasteiger partial charge in [-0.2, -0.15) is 4.99 Å². The van der Waals surface area contributed by atoms with E-state index in [4.69, 9.17) is 5.41 Å². The van der Waals surface area contributed by atoms with Crippen LogP contribution in [0.1, 0.15) is 19.3 Å². The fourth-order valence-electron chi connectivity index (χ4n) is 0.884. The fourth-order valence-corrected chi connectivity index (χ4v) is 0.884.